The Morgan fingerprint density at radius 3 is 2.68 bits per heavy atom. The van der Waals surface area contributed by atoms with Crippen LogP contribution in [-0.4, -0.2) is 22.8 Å². The molecule has 0 saturated carbocycles. The van der Waals surface area contributed by atoms with Gasteiger partial charge in [0.15, 0.2) is 0 Å². The summed E-state index contributed by atoms with van der Waals surface area (Å²) in [4.78, 5) is 12.1. The molecule has 0 atom stereocenters. The quantitative estimate of drug-likeness (QED) is 0.943. The van der Waals surface area contributed by atoms with Crippen LogP contribution in [0.4, 0.5) is 0 Å². The Morgan fingerprint density at radius 2 is 2.05 bits per heavy atom. The maximum atomic E-state index is 12.1. The van der Waals surface area contributed by atoms with Crippen molar-refractivity contribution < 1.29 is 4.52 Å². The summed E-state index contributed by atoms with van der Waals surface area (Å²) in [6, 6.07) is 3.50. The number of aryl methyl sites for hydroxylation is 2. The first-order valence-corrected chi connectivity index (χ1v) is 7.49. The number of aromatic nitrogens is 2. The number of hydrogen-bond acceptors (Lipinski definition) is 4. The molecule has 5 nitrogen and oxygen atoms in total. The molecule has 1 fully saturated rings. The Bertz CT molecular complexity index is 667. The summed E-state index contributed by atoms with van der Waals surface area (Å²) in [6.07, 6.45) is 4.20. The van der Waals surface area contributed by atoms with Crippen molar-refractivity contribution in [3.63, 3.8) is 0 Å². The van der Waals surface area contributed by atoms with Crippen LogP contribution in [0.2, 0.25) is 0 Å². The predicted octanol–water partition coefficient (Wildman–Crippen LogP) is 2.54. The number of piperidine rings is 1. The lowest BCUT2D eigenvalue weighted by Crippen LogP contribution is -2.32. The third-order valence-corrected chi connectivity index (χ3v) is 4.22. The highest BCUT2D eigenvalue weighted by molar-refractivity contribution is 5.85. The molecule has 6 heteroatoms. The van der Waals surface area contributed by atoms with Gasteiger partial charge in [0.05, 0.1) is 5.69 Å². The third-order valence-electron chi connectivity index (χ3n) is 4.22. The molecule has 1 saturated heterocycles. The molecule has 1 aliphatic rings. The Kier molecular flexibility index (Phi) is 5.42. The monoisotopic (exact) mass is 323 g/mol. The maximum absolute atomic E-state index is 12.1. The van der Waals surface area contributed by atoms with Gasteiger partial charge in [-0.3, -0.25) is 4.79 Å². The van der Waals surface area contributed by atoms with Gasteiger partial charge >= 0.3 is 0 Å². The van der Waals surface area contributed by atoms with Crippen LogP contribution >= 0.6 is 12.4 Å². The standard InChI is InChI=1S/C16H21N3O2.ClH/c1-11-16(12(2)21-18-11)14-3-4-15(20)19(10-14)9-13-5-7-17-8-6-13;/h3-4,10,13,17H,5-9H2,1-2H3;1H. The van der Waals surface area contributed by atoms with Crippen molar-refractivity contribution in [3.8, 4) is 11.1 Å². The molecule has 0 spiro atoms. The fourth-order valence-corrected chi connectivity index (χ4v) is 3.06. The molecule has 2 aromatic heterocycles. The van der Waals surface area contributed by atoms with Gasteiger partial charge in [-0.2, -0.15) is 0 Å². The second-order valence-corrected chi connectivity index (χ2v) is 5.80. The number of pyridine rings is 1. The van der Waals surface area contributed by atoms with Gasteiger partial charge in [-0.25, -0.2) is 0 Å². The van der Waals surface area contributed by atoms with E-state index in [9.17, 15) is 4.79 Å². The van der Waals surface area contributed by atoms with E-state index in [1.807, 2.05) is 30.7 Å². The summed E-state index contributed by atoms with van der Waals surface area (Å²) in [6.45, 7) is 6.70. The minimum absolute atomic E-state index is 0. The van der Waals surface area contributed by atoms with Crippen LogP contribution < -0.4 is 10.9 Å². The van der Waals surface area contributed by atoms with Gasteiger partial charge in [-0.1, -0.05) is 5.16 Å². The van der Waals surface area contributed by atoms with Crippen molar-refractivity contribution in [1.82, 2.24) is 15.0 Å². The minimum Gasteiger partial charge on any atom is -0.361 e. The van der Waals surface area contributed by atoms with E-state index in [-0.39, 0.29) is 18.0 Å². The molecule has 0 unspecified atom stereocenters. The molecule has 0 aromatic carbocycles. The molecule has 120 valence electrons. The van der Waals surface area contributed by atoms with Crippen LogP contribution in [0.5, 0.6) is 0 Å². The van der Waals surface area contributed by atoms with Gasteiger partial charge < -0.3 is 14.4 Å². The molecular formula is C16H22ClN3O2. The molecule has 2 aromatic rings. The van der Waals surface area contributed by atoms with Gasteiger partial charge in [-0.05, 0) is 51.8 Å². The van der Waals surface area contributed by atoms with Gasteiger partial charge in [0.25, 0.3) is 5.56 Å². The normalized spacial score (nSPS) is 15.5. The van der Waals surface area contributed by atoms with Gasteiger partial charge in [0, 0.05) is 29.9 Å². The van der Waals surface area contributed by atoms with Crippen LogP contribution in [0.25, 0.3) is 11.1 Å². The van der Waals surface area contributed by atoms with E-state index in [0.29, 0.717) is 5.92 Å². The molecule has 1 aliphatic heterocycles. The lowest BCUT2D eigenvalue weighted by atomic mass is 9.98. The van der Waals surface area contributed by atoms with Crippen LogP contribution in [0.3, 0.4) is 0 Å². The van der Waals surface area contributed by atoms with Crippen LogP contribution in [0.15, 0.2) is 27.6 Å². The first kappa shape index (κ1) is 16.8. The van der Waals surface area contributed by atoms with E-state index < -0.39 is 0 Å². The summed E-state index contributed by atoms with van der Waals surface area (Å²) >= 11 is 0. The van der Waals surface area contributed by atoms with Crippen molar-refractivity contribution in [1.29, 1.82) is 0 Å². The molecule has 22 heavy (non-hydrogen) atoms. The molecular weight excluding hydrogens is 302 g/mol. The molecule has 3 rings (SSSR count). The molecule has 0 radical (unpaired) electrons. The number of hydrogen-bond donors (Lipinski definition) is 1. The number of nitrogens with zero attached hydrogens (tertiary/aromatic N) is 2. The highest BCUT2D eigenvalue weighted by Crippen LogP contribution is 2.26. The van der Waals surface area contributed by atoms with Crippen molar-refractivity contribution in [3.05, 3.63) is 40.1 Å². The average Bonchev–Trinajstić information content (AvgIpc) is 2.82. The number of rotatable bonds is 3. The van der Waals surface area contributed by atoms with Crippen molar-refractivity contribution in [2.24, 2.45) is 5.92 Å². The summed E-state index contributed by atoms with van der Waals surface area (Å²) in [5.41, 5.74) is 2.91. The largest absolute Gasteiger partial charge is 0.361 e. The second-order valence-electron chi connectivity index (χ2n) is 5.80. The van der Waals surface area contributed by atoms with Crippen LogP contribution in [-0.2, 0) is 6.54 Å². The minimum atomic E-state index is 0. The Labute approximate surface area is 136 Å². The summed E-state index contributed by atoms with van der Waals surface area (Å²) in [5.74, 6) is 1.36. The van der Waals surface area contributed by atoms with Crippen LogP contribution in [0, 0.1) is 19.8 Å². The highest BCUT2D eigenvalue weighted by atomic mass is 35.5. The first-order chi connectivity index (χ1) is 10.1. The van der Waals surface area contributed by atoms with Crippen molar-refractivity contribution in [2.75, 3.05) is 13.1 Å². The molecule has 1 N–H and O–H groups in total. The second kappa shape index (κ2) is 7.11. The van der Waals surface area contributed by atoms with E-state index in [1.54, 1.807) is 6.07 Å². The van der Waals surface area contributed by atoms with E-state index in [1.165, 1.54) is 0 Å². The lowest BCUT2D eigenvalue weighted by molar-refractivity contribution is 0.330. The zero-order chi connectivity index (χ0) is 14.8. The summed E-state index contributed by atoms with van der Waals surface area (Å²) < 4.78 is 7.05. The molecule has 3 heterocycles. The highest BCUT2D eigenvalue weighted by Gasteiger charge is 2.16. The molecule has 0 aliphatic carbocycles. The fraction of sp³-hybridized carbons (Fsp3) is 0.500. The zero-order valence-corrected chi connectivity index (χ0v) is 13.8. The van der Waals surface area contributed by atoms with Crippen LogP contribution in [0.1, 0.15) is 24.3 Å². The predicted molar refractivity (Wildman–Crippen MR) is 88.5 cm³/mol. The third kappa shape index (κ3) is 3.42. The first-order valence-electron chi connectivity index (χ1n) is 7.49. The zero-order valence-electron chi connectivity index (χ0n) is 13.0. The fourth-order valence-electron chi connectivity index (χ4n) is 3.06. The maximum Gasteiger partial charge on any atom is 0.250 e. The van der Waals surface area contributed by atoms with E-state index >= 15 is 0 Å². The van der Waals surface area contributed by atoms with E-state index in [2.05, 4.69) is 10.5 Å². The molecule has 0 amide bonds. The van der Waals surface area contributed by atoms with Crippen molar-refractivity contribution in [2.45, 2.75) is 33.2 Å². The Morgan fingerprint density at radius 1 is 1.32 bits per heavy atom. The smallest absolute Gasteiger partial charge is 0.250 e. The van der Waals surface area contributed by atoms with Crippen molar-refractivity contribution >= 4 is 12.4 Å². The molecule has 0 bridgehead atoms. The summed E-state index contributed by atoms with van der Waals surface area (Å²) in [7, 11) is 0. The van der Waals surface area contributed by atoms with Gasteiger partial charge in [0.2, 0.25) is 0 Å². The topological polar surface area (TPSA) is 60.1 Å². The van der Waals surface area contributed by atoms with Gasteiger partial charge in [-0.15, -0.1) is 12.4 Å². The van der Waals surface area contributed by atoms with Gasteiger partial charge in [0.1, 0.15) is 5.76 Å². The SMILES string of the molecule is Cc1noc(C)c1-c1ccc(=O)n(CC2CCNCC2)c1.Cl. The average molecular weight is 324 g/mol. The summed E-state index contributed by atoms with van der Waals surface area (Å²) in [5, 5.41) is 7.35. The number of nitrogens with one attached hydrogen (secondary N) is 1. The lowest BCUT2D eigenvalue weighted by Gasteiger charge is -2.23. The number of halogens is 1. The van der Waals surface area contributed by atoms with E-state index in [4.69, 9.17) is 4.52 Å². The van der Waals surface area contributed by atoms with E-state index in [0.717, 1.165) is 55.1 Å². The Balaban J connectivity index is 0.00000176. The Hall–Kier alpha value is -1.59.